The monoisotopic (exact) mass is 485 g/mol. The SMILES string of the molecule is C=CC(=O)Nc1ccnc(C2c3cnccc3C=CN2Nc2ccc(N3CCOCC3)nc2OC)c1. The molecule has 0 radical (unpaired) electrons. The molecule has 184 valence electrons. The second-order valence-corrected chi connectivity index (χ2v) is 8.23. The molecular formula is C26H27N7O3. The summed E-state index contributed by atoms with van der Waals surface area (Å²) in [6.07, 6.45) is 10.4. The Balaban J connectivity index is 1.48. The topological polar surface area (TPSA) is 105 Å². The Morgan fingerprint density at radius 3 is 2.89 bits per heavy atom. The van der Waals surface area contributed by atoms with Crippen LogP contribution in [0, 0.1) is 0 Å². The number of hydrogen-bond donors (Lipinski definition) is 2. The zero-order chi connectivity index (χ0) is 24.9. The van der Waals surface area contributed by atoms with Gasteiger partial charge < -0.3 is 19.7 Å². The molecule has 0 aliphatic carbocycles. The van der Waals surface area contributed by atoms with E-state index in [2.05, 4.69) is 32.2 Å². The molecule has 3 aromatic rings. The van der Waals surface area contributed by atoms with Gasteiger partial charge in [0.25, 0.3) is 0 Å². The fourth-order valence-electron chi connectivity index (χ4n) is 4.25. The lowest BCUT2D eigenvalue weighted by Crippen LogP contribution is -2.37. The normalized spacial score (nSPS) is 16.8. The average molecular weight is 486 g/mol. The summed E-state index contributed by atoms with van der Waals surface area (Å²) < 4.78 is 11.1. The van der Waals surface area contributed by atoms with Crippen molar-refractivity contribution in [2.45, 2.75) is 6.04 Å². The van der Waals surface area contributed by atoms with Crippen molar-refractivity contribution >= 4 is 29.2 Å². The van der Waals surface area contributed by atoms with Gasteiger partial charge in [0.2, 0.25) is 11.8 Å². The van der Waals surface area contributed by atoms with Gasteiger partial charge in [-0.1, -0.05) is 6.58 Å². The number of nitrogens with zero attached hydrogens (tertiary/aromatic N) is 5. The van der Waals surface area contributed by atoms with Crippen LogP contribution in [0.2, 0.25) is 0 Å². The van der Waals surface area contributed by atoms with Crippen LogP contribution < -0.4 is 20.4 Å². The van der Waals surface area contributed by atoms with Crippen LogP contribution in [0.1, 0.15) is 22.9 Å². The van der Waals surface area contributed by atoms with Crippen LogP contribution in [0.3, 0.4) is 0 Å². The summed E-state index contributed by atoms with van der Waals surface area (Å²) in [4.78, 5) is 27.7. The maximum atomic E-state index is 11.9. The van der Waals surface area contributed by atoms with Crippen molar-refractivity contribution in [3.63, 3.8) is 0 Å². The number of carbonyl (C=O) groups is 1. The van der Waals surface area contributed by atoms with E-state index >= 15 is 0 Å². The van der Waals surface area contributed by atoms with Crippen molar-refractivity contribution in [3.8, 4) is 5.88 Å². The number of methoxy groups -OCH3 is 1. The second-order valence-electron chi connectivity index (χ2n) is 8.23. The third kappa shape index (κ3) is 4.84. The lowest BCUT2D eigenvalue weighted by Gasteiger charge is -2.35. The summed E-state index contributed by atoms with van der Waals surface area (Å²) in [6, 6.07) is 9.13. The zero-order valence-corrected chi connectivity index (χ0v) is 19.9. The number of nitrogens with one attached hydrogen (secondary N) is 2. The first-order chi connectivity index (χ1) is 17.7. The third-order valence-electron chi connectivity index (χ3n) is 6.01. The lowest BCUT2D eigenvalue weighted by atomic mass is 9.96. The van der Waals surface area contributed by atoms with Crippen molar-refractivity contribution in [3.05, 3.63) is 84.6 Å². The fraction of sp³-hybridized carbons (Fsp3) is 0.231. The number of amides is 1. The van der Waals surface area contributed by atoms with Crippen LogP contribution in [0.5, 0.6) is 5.88 Å². The van der Waals surface area contributed by atoms with Crippen LogP contribution in [0.25, 0.3) is 6.08 Å². The Labute approximate surface area is 209 Å². The number of morpholine rings is 1. The number of hydrazine groups is 1. The molecule has 1 fully saturated rings. The number of carbonyl (C=O) groups excluding carboxylic acids is 1. The fourth-order valence-corrected chi connectivity index (χ4v) is 4.25. The Kier molecular flexibility index (Phi) is 6.76. The first-order valence-electron chi connectivity index (χ1n) is 11.6. The molecule has 2 aliphatic heterocycles. The minimum atomic E-state index is -0.331. The standard InChI is InChI=1S/C26H27N7O3/c1-3-24(34)29-19-7-10-28-22(16-19)25-20-17-27-9-6-18(20)8-11-33(25)31-21-4-5-23(30-26(21)35-2)32-12-14-36-15-13-32/h3-11,16-17,25,31H,1,12-15H2,2H3,(H,28,29,34). The van der Waals surface area contributed by atoms with Crippen LogP contribution in [-0.2, 0) is 9.53 Å². The molecule has 1 unspecified atom stereocenters. The molecule has 10 nitrogen and oxygen atoms in total. The Morgan fingerprint density at radius 1 is 1.22 bits per heavy atom. The van der Waals surface area contributed by atoms with E-state index < -0.39 is 0 Å². The molecule has 1 atom stereocenters. The molecule has 0 bridgehead atoms. The number of aromatic nitrogens is 3. The van der Waals surface area contributed by atoms with E-state index in [-0.39, 0.29) is 11.9 Å². The van der Waals surface area contributed by atoms with Gasteiger partial charge in [0.05, 0.1) is 26.0 Å². The molecule has 0 aromatic carbocycles. The van der Waals surface area contributed by atoms with E-state index in [0.717, 1.165) is 35.7 Å². The third-order valence-corrected chi connectivity index (χ3v) is 6.01. The largest absolute Gasteiger partial charge is 0.479 e. The smallest absolute Gasteiger partial charge is 0.247 e. The van der Waals surface area contributed by atoms with Gasteiger partial charge >= 0.3 is 0 Å². The molecule has 36 heavy (non-hydrogen) atoms. The van der Waals surface area contributed by atoms with Crippen molar-refractivity contribution in [1.82, 2.24) is 20.0 Å². The predicted molar refractivity (Wildman–Crippen MR) is 137 cm³/mol. The van der Waals surface area contributed by atoms with E-state index in [1.165, 1.54) is 6.08 Å². The Bertz CT molecular complexity index is 1290. The maximum Gasteiger partial charge on any atom is 0.247 e. The Morgan fingerprint density at radius 2 is 2.08 bits per heavy atom. The molecule has 1 saturated heterocycles. The van der Waals surface area contributed by atoms with E-state index in [4.69, 9.17) is 14.5 Å². The van der Waals surface area contributed by atoms with Gasteiger partial charge in [-0.3, -0.25) is 25.2 Å². The van der Waals surface area contributed by atoms with Crippen LogP contribution >= 0.6 is 0 Å². The van der Waals surface area contributed by atoms with Gasteiger partial charge in [-0.15, -0.1) is 0 Å². The molecule has 10 heteroatoms. The first kappa shape index (κ1) is 23.3. The van der Waals surface area contributed by atoms with Crippen molar-refractivity contribution in [2.75, 3.05) is 49.1 Å². The summed E-state index contributed by atoms with van der Waals surface area (Å²) in [6.45, 7) is 6.45. The second kappa shape index (κ2) is 10.4. The van der Waals surface area contributed by atoms with Crippen LogP contribution in [0.15, 0.2) is 67.8 Å². The lowest BCUT2D eigenvalue weighted by molar-refractivity contribution is -0.111. The molecule has 0 saturated carbocycles. The maximum absolute atomic E-state index is 11.9. The number of pyridine rings is 3. The highest BCUT2D eigenvalue weighted by molar-refractivity contribution is 5.98. The van der Waals surface area contributed by atoms with Crippen molar-refractivity contribution < 1.29 is 14.3 Å². The van der Waals surface area contributed by atoms with Gasteiger partial charge in [0, 0.05) is 49.1 Å². The van der Waals surface area contributed by atoms with Crippen molar-refractivity contribution in [1.29, 1.82) is 0 Å². The molecule has 1 amide bonds. The molecular weight excluding hydrogens is 458 g/mol. The van der Waals surface area contributed by atoms with Gasteiger partial charge in [0.1, 0.15) is 17.5 Å². The highest BCUT2D eigenvalue weighted by Gasteiger charge is 2.28. The minimum Gasteiger partial charge on any atom is -0.479 e. The predicted octanol–water partition coefficient (Wildman–Crippen LogP) is 3.24. The summed E-state index contributed by atoms with van der Waals surface area (Å²) in [7, 11) is 1.60. The number of fused-ring (bicyclic) bond motifs is 1. The van der Waals surface area contributed by atoms with Crippen LogP contribution in [0.4, 0.5) is 17.2 Å². The molecule has 2 N–H and O–H groups in total. The average Bonchev–Trinajstić information content (AvgIpc) is 2.93. The summed E-state index contributed by atoms with van der Waals surface area (Å²) >= 11 is 0. The molecule has 3 aromatic heterocycles. The van der Waals surface area contributed by atoms with E-state index in [0.29, 0.717) is 30.5 Å². The summed E-state index contributed by atoms with van der Waals surface area (Å²) in [5.74, 6) is 1.03. The van der Waals surface area contributed by atoms with E-state index in [1.54, 1.807) is 25.6 Å². The summed E-state index contributed by atoms with van der Waals surface area (Å²) in [5.41, 5.74) is 7.48. The number of anilines is 3. The van der Waals surface area contributed by atoms with Gasteiger partial charge in [0.15, 0.2) is 0 Å². The summed E-state index contributed by atoms with van der Waals surface area (Å²) in [5, 5.41) is 4.73. The molecule has 0 spiro atoms. The Hall–Kier alpha value is -4.44. The van der Waals surface area contributed by atoms with Gasteiger partial charge in [-0.2, -0.15) is 4.98 Å². The molecule has 5 rings (SSSR count). The number of rotatable bonds is 7. The zero-order valence-electron chi connectivity index (χ0n) is 19.9. The highest BCUT2D eigenvalue weighted by atomic mass is 16.5. The van der Waals surface area contributed by atoms with E-state index in [1.807, 2.05) is 47.7 Å². The first-order valence-corrected chi connectivity index (χ1v) is 11.6. The highest BCUT2D eigenvalue weighted by Crippen LogP contribution is 2.36. The van der Waals surface area contributed by atoms with E-state index in [9.17, 15) is 4.79 Å². The molecule has 2 aliphatic rings. The van der Waals surface area contributed by atoms with Gasteiger partial charge in [-0.05, 0) is 48.0 Å². The van der Waals surface area contributed by atoms with Crippen LogP contribution in [-0.4, -0.2) is 59.3 Å². The minimum absolute atomic E-state index is 0.288. The quantitative estimate of drug-likeness (QED) is 0.488. The number of hydrogen-bond acceptors (Lipinski definition) is 9. The van der Waals surface area contributed by atoms with Gasteiger partial charge in [-0.25, -0.2) is 0 Å². The van der Waals surface area contributed by atoms with Crippen molar-refractivity contribution in [2.24, 2.45) is 0 Å². The molecule has 5 heterocycles. The number of ether oxygens (including phenoxy) is 2.